The minimum Gasteiger partial charge on any atom is -0.373 e. The van der Waals surface area contributed by atoms with E-state index in [1.165, 1.54) is 36.6 Å². The first-order valence-electron chi connectivity index (χ1n) is 13.9. The molecule has 208 valence electrons. The third kappa shape index (κ3) is 9.09. The van der Waals surface area contributed by atoms with Gasteiger partial charge in [0.1, 0.15) is 5.82 Å². The molecule has 2 aliphatic carbocycles. The van der Waals surface area contributed by atoms with E-state index in [1.54, 1.807) is 7.05 Å². The van der Waals surface area contributed by atoms with E-state index in [0.717, 1.165) is 56.5 Å². The zero-order valence-corrected chi connectivity index (χ0v) is 24.4. The second-order valence-corrected chi connectivity index (χ2v) is 11.1. The van der Waals surface area contributed by atoms with E-state index in [-0.39, 0.29) is 0 Å². The number of fused-ring (bicyclic) bond motifs is 1. The number of carbonyl (C=O) groups is 1. The van der Waals surface area contributed by atoms with Gasteiger partial charge in [0.2, 0.25) is 11.9 Å². The van der Waals surface area contributed by atoms with Crippen molar-refractivity contribution in [3.63, 3.8) is 0 Å². The molecule has 4 rings (SSSR count). The number of H-pyrrole nitrogens is 1. The number of amides is 1. The Balaban J connectivity index is 0.000000254. The minimum absolute atomic E-state index is 0.302. The maximum absolute atomic E-state index is 13.6. The van der Waals surface area contributed by atoms with Gasteiger partial charge in [-0.05, 0) is 57.7 Å². The van der Waals surface area contributed by atoms with Crippen molar-refractivity contribution in [1.82, 2.24) is 25.0 Å². The van der Waals surface area contributed by atoms with Gasteiger partial charge in [0.25, 0.3) is 0 Å². The Morgan fingerprint density at radius 2 is 1.81 bits per heavy atom. The highest BCUT2D eigenvalue weighted by atomic mass is 19.1. The van der Waals surface area contributed by atoms with Crippen LogP contribution >= 0.6 is 0 Å². The van der Waals surface area contributed by atoms with E-state index in [4.69, 9.17) is 0 Å². The van der Waals surface area contributed by atoms with Crippen molar-refractivity contribution in [2.75, 3.05) is 46.6 Å². The Labute approximate surface area is 223 Å². The first kappa shape index (κ1) is 30.7. The Bertz CT molecular complexity index is 981. The lowest BCUT2D eigenvalue weighted by Crippen LogP contribution is -2.38. The molecule has 2 aromatic rings. The third-order valence-electron chi connectivity index (χ3n) is 7.20. The normalized spacial score (nSPS) is 16.6. The Kier molecular flexibility index (Phi) is 12.0. The van der Waals surface area contributed by atoms with Crippen LogP contribution in [0, 0.1) is 17.3 Å². The smallest absolute Gasteiger partial charge is 0.225 e. The van der Waals surface area contributed by atoms with E-state index in [9.17, 15) is 9.18 Å². The molecule has 0 aliphatic heterocycles. The van der Waals surface area contributed by atoms with Crippen LogP contribution in [-0.4, -0.2) is 72.2 Å². The van der Waals surface area contributed by atoms with Gasteiger partial charge in [0, 0.05) is 56.0 Å². The lowest BCUT2D eigenvalue weighted by Gasteiger charge is -2.29. The fourth-order valence-corrected chi connectivity index (χ4v) is 4.97. The molecule has 1 amide bonds. The number of likely N-dealkylation sites (N-methyl/N-ethyl adjacent to an activating group) is 2. The molecule has 8 heteroatoms. The van der Waals surface area contributed by atoms with Crippen LogP contribution in [-0.2, 0) is 17.6 Å². The van der Waals surface area contributed by atoms with Crippen LogP contribution in [0.25, 0.3) is 11.3 Å². The molecule has 0 spiro atoms. The lowest BCUT2D eigenvalue weighted by molar-refractivity contribution is -0.135. The number of halogens is 1. The quantitative estimate of drug-likeness (QED) is 0.476. The highest BCUT2D eigenvalue weighted by Gasteiger charge is 2.29. The zero-order valence-electron chi connectivity index (χ0n) is 24.4. The van der Waals surface area contributed by atoms with Gasteiger partial charge >= 0.3 is 0 Å². The third-order valence-corrected chi connectivity index (χ3v) is 7.20. The topological polar surface area (TPSA) is 77.1 Å². The van der Waals surface area contributed by atoms with Gasteiger partial charge in [-0.3, -0.25) is 9.89 Å². The molecule has 0 radical (unpaired) electrons. The summed E-state index contributed by atoms with van der Waals surface area (Å²) in [6.45, 7) is 10.3. The fraction of sp³-hybridized carbons (Fsp3) is 0.690. The van der Waals surface area contributed by atoms with Crippen molar-refractivity contribution in [3.8, 4) is 11.3 Å². The number of rotatable bonds is 6. The summed E-state index contributed by atoms with van der Waals surface area (Å²) in [6.07, 6.45) is 9.07. The summed E-state index contributed by atoms with van der Waals surface area (Å²) < 4.78 is 13.6. The predicted octanol–water partition coefficient (Wildman–Crippen LogP) is 5.78. The number of carbonyl (C=O) groups excluding carboxylic acids is 1. The molecular formula is C29H49FN6O. The van der Waals surface area contributed by atoms with E-state index >= 15 is 0 Å². The van der Waals surface area contributed by atoms with E-state index in [0.29, 0.717) is 23.1 Å². The summed E-state index contributed by atoms with van der Waals surface area (Å²) in [6, 6.07) is 3.27. The highest BCUT2D eigenvalue weighted by molar-refractivity contribution is 5.78. The van der Waals surface area contributed by atoms with Gasteiger partial charge in [-0.25, -0.2) is 4.98 Å². The second-order valence-electron chi connectivity index (χ2n) is 11.1. The average Bonchev–Trinajstić information content (AvgIpc) is 3.30. The SMILES string of the molecule is CC.CN(C)CCN(C)C(=O)C1CCCCC1.CNc1cc(-c2n[nH]c3c2CCC(C)(C)C3)cc(F)n1. The van der Waals surface area contributed by atoms with Crippen LogP contribution in [0.5, 0.6) is 0 Å². The van der Waals surface area contributed by atoms with Crippen LogP contribution in [0.3, 0.4) is 0 Å². The Morgan fingerprint density at radius 1 is 1.14 bits per heavy atom. The van der Waals surface area contributed by atoms with Crippen LogP contribution in [0.1, 0.15) is 77.5 Å². The number of pyridine rings is 1. The maximum atomic E-state index is 13.6. The van der Waals surface area contributed by atoms with Gasteiger partial charge in [-0.1, -0.05) is 47.0 Å². The van der Waals surface area contributed by atoms with Crippen LogP contribution in [0.4, 0.5) is 10.2 Å². The summed E-state index contributed by atoms with van der Waals surface area (Å²) in [4.78, 5) is 19.8. The summed E-state index contributed by atoms with van der Waals surface area (Å²) in [5.74, 6) is 0.704. The Morgan fingerprint density at radius 3 is 2.43 bits per heavy atom. The number of hydrogen-bond donors (Lipinski definition) is 2. The lowest BCUT2D eigenvalue weighted by atomic mass is 9.76. The average molecular weight is 517 g/mol. The number of aromatic nitrogens is 3. The molecule has 2 heterocycles. The number of hydrogen-bond acceptors (Lipinski definition) is 5. The van der Waals surface area contributed by atoms with E-state index in [2.05, 4.69) is 39.2 Å². The zero-order chi connectivity index (χ0) is 27.6. The standard InChI is InChI=1S/C15H19FN4.C12H24N2O.C2H6/c1-15(2)5-4-10-11(8-15)19-20-14(10)9-6-12(16)18-13(7-9)17-3;1-13(2)9-10-14(3)12(15)11-7-5-4-6-8-11;1-2/h6-7H,4-5,8H2,1-3H3,(H,17,18)(H,19,20);11H,4-10H2,1-3H3;1-2H3. The summed E-state index contributed by atoms with van der Waals surface area (Å²) in [7, 11) is 7.74. The van der Waals surface area contributed by atoms with Gasteiger partial charge in [0.05, 0.1) is 5.69 Å². The van der Waals surface area contributed by atoms with Crippen LogP contribution in [0.2, 0.25) is 0 Å². The summed E-state index contributed by atoms with van der Waals surface area (Å²) >= 11 is 0. The molecule has 2 N–H and O–H groups in total. The Hall–Kier alpha value is -2.48. The molecule has 0 saturated heterocycles. The number of nitrogens with zero attached hydrogens (tertiary/aromatic N) is 4. The van der Waals surface area contributed by atoms with Crippen LogP contribution in [0.15, 0.2) is 12.1 Å². The molecule has 2 aliphatic rings. The van der Waals surface area contributed by atoms with Gasteiger partial charge in [-0.15, -0.1) is 0 Å². The molecule has 1 fully saturated rings. The van der Waals surface area contributed by atoms with Crippen molar-refractivity contribution >= 4 is 11.7 Å². The molecular weight excluding hydrogens is 467 g/mol. The minimum atomic E-state index is -0.486. The van der Waals surface area contributed by atoms with Crippen LogP contribution < -0.4 is 5.32 Å². The van der Waals surface area contributed by atoms with Gasteiger partial charge in [-0.2, -0.15) is 9.49 Å². The van der Waals surface area contributed by atoms with Crippen molar-refractivity contribution in [2.45, 2.75) is 79.1 Å². The largest absolute Gasteiger partial charge is 0.373 e. The van der Waals surface area contributed by atoms with E-state index < -0.39 is 5.95 Å². The van der Waals surface area contributed by atoms with Crippen molar-refractivity contribution in [2.24, 2.45) is 11.3 Å². The molecule has 37 heavy (non-hydrogen) atoms. The molecule has 7 nitrogen and oxygen atoms in total. The predicted molar refractivity (Wildman–Crippen MR) is 151 cm³/mol. The highest BCUT2D eigenvalue weighted by Crippen LogP contribution is 2.38. The van der Waals surface area contributed by atoms with Crippen molar-refractivity contribution < 1.29 is 9.18 Å². The summed E-state index contributed by atoms with van der Waals surface area (Å²) in [5, 5.41) is 10.4. The molecule has 0 unspecified atom stereocenters. The number of nitrogens with one attached hydrogen (secondary N) is 2. The molecule has 0 bridgehead atoms. The second kappa shape index (κ2) is 14.5. The fourth-order valence-electron chi connectivity index (χ4n) is 4.97. The number of anilines is 1. The monoisotopic (exact) mass is 516 g/mol. The molecule has 2 aromatic heterocycles. The summed E-state index contributed by atoms with van der Waals surface area (Å²) in [5.41, 5.74) is 4.33. The first-order valence-corrected chi connectivity index (χ1v) is 13.9. The van der Waals surface area contributed by atoms with Gasteiger partial charge < -0.3 is 15.1 Å². The first-order chi connectivity index (χ1) is 17.6. The molecule has 0 atom stereocenters. The maximum Gasteiger partial charge on any atom is 0.225 e. The van der Waals surface area contributed by atoms with Gasteiger partial charge in [0.15, 0.2) is 0 Å². The number of aromatic amines is 1. The molecule has 0 aromatic carbocycles. The van der Waals surface area contributed by atoms with Crippen molar-refractivity contribution in [1.29, 1.82) is 0 Å². The van der Waals surface area contributed by atoms with Crippen molar-refractivity contribution in [3.05, 3.63) is 29.3 Å². The van der Waals surface area contributed by atoms with E-state index in [1.807, 2.05) is 46.0 Å². The molecule has 1 saturated carbocycles.